The van der Waals surface area contributed by atoms with Crippen LogP contribution in [0.3, 0.4) is 0 Å². The minimum absolute atomic E-state index is 0.0315. The smallest absolute Gasteiger partial charge is 0.257 e. The lowest BCUT2D eigenvalue weighted by atomic mass is 10.2. The molecule has 1 atom stereocenters. The van der Waals surface area contributed by atoms with E-state index >= 15 is 0 Å². The number of benzene rings is 2. The molecule has 3 N–H and O–H groups in total. The van der Waals surface area contributed by atoms with Crippen molar-refractivity contribution in [3.8, 4) is 11.5 Å². The Morgan fingerprint density at radius 2 is 1.94 bits per heavy atom. The molecule has 2 aromatic heterocycles. The fourth-order valence-electron chi connectivity index (χ4n) is 4.42. The molecule has 2 aliphatic heterocycles. The number of hydrogen-bond acceptors (Lipinski definition) is 7. The maximum atomic E-state index is 13.2. The van der Waals surface area contributed by atoms with Crippen molar-refractivity contribution >= 4 is 33.9 Å². The van der Waals surface area contributed by atoms with Crippen LogP contribution in [0.4, 0.5) is 5.82 Å². The number of rotatable bonds is 5. The van der Waals surface area contributed by atoms with Gasteiger partial charge in [0, 0.05) is 13.2 Å². The van der Waals surface area contributed by atoms with Gasteiger partial charge in [-0.05, 0) is 42.7 Å². The van der Waals surface area contributed by atoms with Gasteiger partial charge >= 0.3 is 0 Å². The summed E-state index contributed by atoms with van der Waals surface area (Å²) in [5, 5.41) is 2.97. The van der Waals surface area contributed by atoms with Gasteiger partial charge in [0.15, 0.2) is 17.1 Å². The molecule has 0 aliphatic carbocycles. The molecule has 2 aromatic carbocycles. The summed E-state index contributed by atoms with van der Waals surface area (Å²) in [6.45, 7) is 1.79. The van der Waals surface area contributed by atoms with Crippen LogP contribution in [0.15, 0.2) is 42.5 Å². The van der Waals surface area contributed by atoms with Crippen LogP contribution in [0.1, 0.15) is 28.8 Å². The SMILES string of the molecule is Nc1c(C(=O)NCC2CCCO2)c2nc3ccccc3nc2n1Cc1ccc2c(c1)OCO2. The number of nitrogens with one attached hydrogen (secondary N) is 1. The number of carbonyl (C=O) groups excluding carboxylic acids is 1. The number of nitrogens with two attached hydrogens (primary N) is 1. The second-order valence-corrected chi connectivity index (χ2v) is 8.26. The molecule has 168 valence electrons. The molecule has 6 rings (SSSR count). The van der Waals surface area contributed by atoms with Crippen molar-refractivity contribution in [1.29, 1.82) is 0 Å². The molecule has 0 saturated carbocycles. The lowest BCUT2D eigenvalue weighted by Crippen LogP contribution is -2.32. The Balaban J connectivity index is 1.43. The zero-order valence-electron chi connectivity index (χ0n) is 17.9. The number of carbonyl (C=O) groups is 1. The van der Waals surface area contributed by atoms with Gasteiger partial charge < -0.3 is 29.8 Å². The van der Waals surface area contributed by atoms with E-state index in [2.05, 4.69) is 5.32 Å². The molecule has 0 radical (unpaired) electrons. The molecular weight excluding hydrogens is 422 g/mol. The zero-order chi connectivity index (χ0) is 22.4. The highest BCUT2D eigenvalue weighted by atomic mass is 16.7. The van der Waals surface area contributed by atoms with Gasteiger partial charge in [-0.3, -0.25) is 4.79 Å². The molecule has 1 saturated heterocycles. The molecule has 4 heterocycles. The highest BCUT2D eigenvalue weighted by molar-refractivity contribution is 6.10. The minimum atomic E-state index is -0.276. The van der Waals surface area contributed by atoms with E-state index in [1.165, 1.54) is 0 Å². The standard InChI is InChI=1S/C24H23N5O4/c25-22-20(24(30)26-11-15-4-3-9-31-15)21-23(28-17-6-2-1-5-16(17)27-21)29(22)12-14-7-8-18-19(10-14)33-13-32-18/h1-2,5-8,10,15H,3-4,9,11-13,25H2,(H,26,30). The van der Waals surface area contributed by atoms with Gasteiger partial charge in [0.2, 0.25) is 6.79 Å². The Morgan fingerprint density at radius 1 is 1.12 bits per heavy atom. The molecule has 9 nitrogen and oxygen atoms in total. The molecule has 0 spiro atoms. The molecule has 1 unspecified atom stereocenters. The number of amides is 1. The normalized spacial score (nSPS) is 17.2. The second-order valence-electron chi connectivity index (χ2n) is 8.26. The van der Waals surface area contributed by atoms with E-state index in [0.29, 0.717) is 52.7 Å². The Bertz CT molecular complexity index is 1380. The fourth-order valence-corrected chi connectivity index (χ4v) is 4.42. The third kappa shape index (κ3) is 3.50. The van der Waals surface area contributed by atoms with Gasteiger partial charge in [0.05, 0.1) is 23.7 Å². The van der Waals surface area contributed by atoms with Crippen LogP contribution in [0.2, 0.25) is 0 Å². The Hall–Kier alpha value is -3.85. The monoisotopic (exact) mass is 445 g/mol. The van der Waals surface area contributed by atoms with Crippen molar-refractivity contribution < 1.29 is 19.0 Å². The molecule has 0 bridgehead atoms. The van der Waals surface area contributed by atoms with Gasteiger partial charge in [-0.15, -0.1) is 0 Å². The summed E-state index contributed by atoms with van der Waals surface area (Å²) in [4.78, 5) is 22.8. The second kappa shape index (κ2) is 7.93. The third-order valence-electron chi connectivity index (χ3n) is 6.11. The third-order valence-corrected chi connectivity index (χ3v) is 6.11. The van der Waals surface area contributed by atoms with E-state index in [-0.39, 0.29) is 18.8 Å². The number of aromatic nitrogens is 3. The maximum absolute atomic E-state index is 13.2. The predicted octanol–water partition coefficient (Wildman–Crippen LogP) is 2.85. The van der Waals surface area contributed by atoms with Crippen molar-refractivity contribution in [2.75, 3.05) is 25.7 Å². The first-order valence-electron chi connectivity index (χ1n) is 11.0. The van der Waals surface area contributed by atoms with Crippen LogP contribution in [-0.2, 0) is 11.3 Å². The van der Waals surface area contributed by atoms with Crippen LogP contribution < -0.4 is 20.5 Å². The van der Waals surface area contributed by atoms with Crippen LogP contribution in [0.5, 0.6) is 11.5 Å². The number of anilines is 1. The van der Waals surface area contributed by atoms with Gasteiger partial charge in [-0.1, -0.05) is 18.2 Å². The van der Waals surface area contributed by atoms with E-state index in [1.54, 1.807) is 0 Å². The lowest BCUT2D eigenvalue weighted by molar-refractivity contribution is 0.0859. The van der Waals surface area contributed by atoms with Gasteiger partial charge in [-0.25, -0.2) is 9.97 Å². The van der Waals surface area contributed by atoms with Gasteiger partial charge in [0.25, 0.3) is 5.91 Å². The van der Waals surface area contributed by atoms with Crippen LogP contribution in [0, 0.1) is 0 Å². The number of nitrogens with zero attached hydrogens (tertiary/aromatic N) is 3. The first-order valence-corrected chi connectivity index (χ1v) is 11.0. The largest absolute Gasteiger partial charge is 0.454 e. The fraction of sp³-hybridized carbons (Fsp3) is 0.292. The molecule has 1 amide bonds. The average Bonchev–Trinajstić information content (AvgIpc) is 3.57. The first-order chi connectivity index (χ1) is 16.2. The number of fused-ring (bicyclic) bond motifs is 3. The first kappa shape index (κ1) is 19.8. The Morgan fingerprint density at radius 3 is 2.76 bits per heavy atom. The summed E-state index contributed by atoms with van der Waals surface area (Å²) < 4.78 is 18.4. The topological polar surface area (TPSA) is 114 Å². The number of hydrogen-bond donors (Lipinski definition) is 2. The van der Waals surface area contributed by atoms with E-state index in [0.717, 1.165) is 30.5 Å². The molecule has 4 aromatic rings. The highest BCUT2D eigenvalue weighted by Gasteiger charge is 2.26. The van der Waals surface area contributed by atoms with Crippen molar-refractivity contribution in [3.63, 3.8) is 0 Å². The molecular formula is C24H23N5O4. The summed E-state index contributed by atoms with van der Waals surface area (Å²) in [7, 11) is 0. The van der Waals surface area contributed by atoms with E-state index in [4.69, 9.17) is 29.9 Å². The zero-order valence-corrected chi connectivity index (χ0v) is 17.9. The van der Waals surface area contributed by atoms with Gasteiger partial charge in [0.1, 0.15) is 16.9 Å². The number of ether oxygens (including phenoxy) is 3. The highest BCUT2D eigenvalue weighted by Crippen LogP contribution is 2.34. The van der Waals surface area contributed by atoms with Crippen LogP contribution >= 0.6 is 0 Å². The van der Waals surface area contributed by atoms with Crippen molar-refractivity contribution in [3.05, 3.63) is 53.6 Å². The number of nitrogen functional groups attached to an aromatic ring is 1. The van der Waals surface area contributed by atoms with E-state index in [9.17, 15) is 4.79 Å². The summed E-state index contributed by atoms with van der Waals surface area (Å²) in [6.07, 6.45) is 1.98. The maximum Gasteiger partial charge on any atom is 0.257 e. The van der Waals surface area contributed by atoms with Crippen molar-refractivity contribution in [1.82, 2.24) is 19.9 Å². The predicted molar refractivity (Wildman–Crippen MR) is 122 cm³/mol. The van der Waals surface area contributed by atoms with Crippen LogP contribution in [-0.4, -0.2) is 46.5 Å². The average molecular weight is 445 g/mol. The quantitative estimate of drug-likeness (QED) is 0.486. The summed E-state index contributed by atoms with van der Waals surface area (Å²) in [5.41, 5.74) is 10.3. The molecule has 9 heteroatoms. The minimum Gasteiger partial charge on any atom is -0.454 e. The molecule has 2 aliphatic rings. The molecule has 1 fully saturated rings. The van der Waals surface area contributed by atoms with Crippen molar-refractivity contribution in [2.24, 2.45) is 0 Å². The van der Waals surface area contributed by atoms with Gasteiger partial charge in [-0.2, -0.15) is 0 Å². The van der Waals surface area contributed by atoms with E-state index < -0.39 is 0 Å². The summed E-state index contributed by atoms with van der Waals surface area (Å²) in [5.74, 6) is 1.45. The lowest BCUT2D eigenvalue weighted by Gasteiger charge is -2.11. The summed E-state index contributed by atoms with van der Waals surface area (Å²) in [6, 6.07) is 13.3. The summed E-state index contributed by atoms with van der Waals surface area (Å²) >= 11 is 0. The Labute approximate surface area is 189 Å². The van der Waals surface area contributed by atoms with E-state index in [1.807, 2.05) is 47.0 Å². The van der Waals surface area contributed by atoms with Crippen LogP contribution in [0.25, 0.3) is 22.2 Å². The molecule has 33 heavy (non-hydrogen) atoms. The van der Waals surface area contributed by atoms with Crippen molar-refractivity contribution in [2.45, 2.75) is 25.5 Å². The Kier molecular flexibility index (Phi) is 4.76. The number of para-hydroxylation sites is 2.